The van der Waals surface area contributed by atoms with Crippen LogP contribution < -0.4 is 0 Å². The molecular formula is C20H27NO4S. The summed E-state index contributed by atoms with van der Waals surface area (Å²) in [6.07, 6.45) is 8.14. The number of hydrogen-bond donors (Lipinski definition) is 0. The summed E-state index contributed by atoms with van der Waals surface area (Å²) in [5, 5.41) is 1.25. The van der Waals surface area contributed by atoms with Crippen LogP contribution >= 0.6 is 0 Å². The Morgan fingerprint density at radius 2 is 1.65 bits per heavy atom. The van der Waals surface area contributed by atoms with Gasteiger partial charge < -0.3 is 4.74 Å². The lowest BCUT2D eigenvalue weighted by atomic mass is 9.96. The third kappa shape index (κ3) is 5.17. The second-order valence-electron chi connectivity index (χ2n) is 7.13. The monoisotopic (exact) mass is 377 g/mol. The highest BCUT2D eigenvalue weighted by molar-refractivity contribution is 7.92. The molecule has 1 aliphatic carbocycles. The van der Waals surface area contributed by atoms with Crippen LogP contribution in [-0.2, 0) is 19.6 Å². The fourth-order valence-corrected chi connectivity index (χ4v) is 4.83. The maximum Gasteiger partial charge on any atom is 0.309 e. The van der Waals surface area contributed by atoms with Gasteiger partial charge in [-0.1, -0.05) is 36.8 Å². The normalized spacial score (nSPS) is 21.1. The van der Waals surface area contributed by atoms with E-state index in [4.69, 9.17) is 4.74 Å². The Morgan fingerprint density at radius 3 is 2.31 bits per heavy atom. The molecule has 1 saturated carbocycles. The highest BCUT2D eigenvalue weighted by Crippen LogP contribution is 2.25. The van der Waals surface area contributed by atoms with Crippen molar-refractivity contribution in [3.63, 3.8) is 0 Å². The molecule has 2 fully saturated rings. The second-order valence-corrected chi connectivity index (χ2v) is 8.95. The summed E-state index contributed by atoms with van der Waals surface area (Å²) < 4.78 is 32.0. The number of piperidine rings is 1. The summed E-state index contributed by atoms with van der Waals surface area (Å²) >= 11 is 0. The van der Waals surface area contributed by atoms with E-state index in [1.807, 2.05) is 30.3 Å². The highest BCUT2D eigenvalue weighted by atomic mass is 32.2. The maximum absolute atomic E-state index is 12.5. The lowest BCUT2D eigenvalue weighted by Crippen LogP contribution is -2.40. The van der Waals surface area contributed by atoms with Gasteiger partial charge in [-0.25, -0.2) is 8.42 Å². The van der Waals surface area contributed by atoms with Gasteiger partial charge in [-0.3, -0.25) is 4.79 Å². The number of nitrogens with zero attached hydrogens (tertiary/aromatic N) is 1. The van der Waals surface area contributed by atoms with Crippen molar-refractivity contribution in [2.45, 2.75) is 51.0 Å². The van der Waals surface area contributed by atoms with Crippen molar-refractivity contribution in [3.8, 4) is 0 Å². The first kappa shape index (κ1) is 19.1. The lowest BCUT2D eigenvalue weighted by molar-refractivity contribution is -0.156. The molecule has 0 amide bonds. The summed E-state index contributed by atoms with van der Waals surface area (Å²) in [4.78, 5) is 12.3. The van der Waals surface area contributed by atoms with Crippen LogP contribution in [0.5, 0.6) is 0 Å². The average molecular weight is 378 g/mol. The number of benzene rings is 1. The van der Waals surface area contributed by atoms with Crippen molar-refractivity contribution >= 4 is 22.1 Å². The molecule has 6 heteroatoms. The fraction of sp³-hybridized carbons (Fsp3) is 0.550. The molecule has 0 spiro atoms. The van der Waals surface area contributed by atoms with Crippen molar-refractivity contribution in [2.24, 2.45) is 5.92 Å². The summed E-state index contributed by atoms with van der Waals surface area (Å²) in [7, 11) is -3.46. The van der Waals surface area contributed by atoms with Gasteiger partial charge in [-0.05, 0) is 50.2 Å². The summed E-state index contributed by atoms with van der Waals surface area (Å²) in [6, 6.07) is 9.35. The SMILES string of the molecule is O=C(OC1CCCCC1)C1CCN(S(=O)(=O)/C=C/c2ccccc2)CC1. The Morgan fingerprint density at radius 1 is 1.00 bits per heavy atom. The van der Waals surface area contributed by atoms with E-state index in [-0.39, 0.29) is 18.0 Å². The average Bonchev–Trinajstić information content (AvgIpc) is 2.68. The molecule has 2 aliphatic rings. The molecule has 0 radical (unpaired) electrons. The smallest absolute Gasteiger partial charge is 0.309 e. The van der Waals surface area contributed by atoms with Gasteiger partial charge in [0.1, 0.15) is 6.10 Å². The van der Waals surface area contributed by atoms with Crippen molar-refractivity contribution in [1.29, 1.82) is 0 Å². The van der Waals surface area contributed by atoms with Crippen LogP contribution in [0.1, 0.15) is 50.5 Å². The number of hydrogen-bond acceptors (Lipinski definition) is 4. The van der Waals surface area contributed by atoms with Crippen LogP contribution in [0.2, 0.25) is 0 Å². The van der Waals surface area contributed by atoms with E-state index in [2.05, 4.69) is 0 Å². The molecule has 1 heterocycles. The molecule has 0 unspecified atom stereocenters. The molecule has 26 heavy (non-hydrogen) atoms. The van der Waals surface area contributed by atoms with Gasteiger partial charge in [0.15, 0.2) is 0 Å². The van der Waals surface area contributed by atoms with Crippen LogP contribution in [0.4, 0.5) is 0 Å². The third-order valence-corrected chi connectivity index (χ3v) is 6.78. The van der Waals surface area contributed by atoms with Crippen LogP contribution in [0.15, 0.2) is 35.7 Å². The first-order valence-electron chi connectivity index (χ1n) is 9.48. The van der Waals surface area contributed by atoms with E-state index in [0.29, 0.717) is 25.9 Å². The summed E-state index contributed by atoms with van der Waals surface area (Å²) in [6.45, 7) is 0.734. The second kappa shape index (κ2) is 8.82. The minimum atomic E-state index is -3.46. The zero-order valence-corrected chi connectivity index (χ0v) is 15.9. The summed E-state index contributed by atoms with van der Waals surface area (Å²) in [5.74, 6) is -0.324. The van der Waals surface area contributed by atoms with Crippen LogP contribution in [0, 0.1) is 5.92 Å². The molecule has 1 saturated heterocycles. The zero-order valence-electron chi connectivity index (χ0n) is 15.0. The molecule has 1 aliphatic heterocycles. The molecule has 0 N–H and O–H groups in total. The van der Waals surface area contributed by atoms with Gasteiger partial charge in [-0.2, -0.15) is 4.31 Å². The van der Waals surface area contributed by atoms with Gasteiger partial charge in [0.05, 0.1) is 5.92 Å². The Bertz CT molecular complexity index is 715. The van der Waals surface area contributed by atoms with Crippen LogP contribution in [-0.4, -0.2) is 37.9 Å². The molecule has 1 aromatic carbocycles. The Balaban J connectivity index is 1.50. The van der Waals surface area contributed by atoms with Crippen molar-refractivity contribution < 1.29 is 17.9 Å². The first-order chi connectivity index (χ1) is 12.5. The molecule has 142 valence electrons. The van der Waals surface area contributed by atoms with Gasteiger partial charge in [-0.15, -0.1) is 0 Å². The lowest BCUT2D eigenvalue weighted by Gasteiger charge is -2.30. The topological polar surface area (TPSA) is 63.7 Å². The number of ether oxygens (including phenoxy) is 1. The van der Waals surface area contributed by atoms with Gasteiger partial charge in [0, 0.05) is 18.5 Å². The largest absolute Gasteiger partial charge is 0.462 e. The molecular weight excluding hydrogens is 350 g/mol. The third-order valence-electron chi connectivity index (χ3n) is 5.21. The van der Waals surface area contributed by atoms with Crippen LogP contribution in [0.3, 0.4) is 0 Å². The molecule has 1 aromatic rings. The van der Waals surface area contributed by atoms with Gasteiger partial charge >= 0.3 is 5.97 Å². The Kier molecular flexibility index (Phi) is 6.48. The number of sulfonamides is 1. The number of carbonyl (C=O) groups excluding carboxylic acids is 1. The molecule has 3 rings (SSSR count). The minimum Gasteiger partial charge on any atom is -0.462 e. The maximum atomic E-state index is 12.5. The number of esters is 1. The predicted molar refractivity (Wildman–Crippen MR) is 102 cm³/mol. The van der Waals surface area contributed by atoms with E-state index in [1.165, 1.54) is 16.1 Å². The van der Waals surface area contributed by atoms with E-state index < -0.39 is 10.0 Å². The van der Waals surface area contributed by atoms with Crippen molar-refractivity contribution in [1.82, 2.24) is 4.31 Å². The Hall–Kier alpha value is -1.66. The predicted octanol–water partition coefficient (Wildman–Crippen LogP) is 3.58. The first-order valence-corrected chi connectivity index (χ1v) is 11.0. The minimum absolute atomic E-state index is 0.0619. The highest BCUT2D eigenvalue weighted by Gasteiger charge is 2.32. The summed E-state index contributed by atoms with van der Waals surface area (Å²) in [5.41, 5.74) is 0.849. The fourth-order valence-electron chi connectivity index (χ4n) is 3.60. The van der Waals surface area contributed by atoms with E-state index in [0.717, 1.165) is 31.2 Å². The standard InChI is InChI=1S/C20H27NO4S/c22-20(25-19-9-5-2-6-10-19)18-11-14-21(15-12-18)26(23,24)16-13-17-7-3-1-4-8-17/h1,3-4,7-8,13,16,18-19H,2,5-6,9-12,14-15H2/b16-13+. The molecule has 5 nitrogen and oxygen atoms in total. The zero-order chi connectivity index (χ0) is 18.4. The Labute approximate surface area is 156 Å². The van der Waals surface area contributed by atoms with E-state index in [9.17, 15) is 13.2 Å². The quantitative estimate of drug-likeness (QED) is 0.736. The van der Waals surface area contributed by atoms with Crippen LogP contribution in [0.25, 0.3) is 6.08 Å². The van der Waals surface area contributed by atoms with E-state index in [1.54, 1.807) is 6.08 Å². The van der Waals surface area contributed by atoms with Crippen molar-refractivity contribution in [3.05, 3.63) is 41.3 Å². The van der Waals surface area contributed by atoms with E-state index >= 15 is 0 Å². The number of carbonyl (C=O) groups is 1. The number of rotatable bonds is 5. The molecule has 0 aromatic heterocycles. The van der Waals surface area contributed by atoms with Gasteiger partial charge in [0.2, 0.25) is 10.0 Å². The molecule has 0 bridgehead atoms. The van der Waals surface area contributed by atoms with Gasteiger partial charge in [0.25, 0.3) is 0 Å². The van der Waals surface area contributed by atoms with Crippen molar-refractivity contribution in [2.75, 3.05) is 13.1 Å². The molecule has 0 atom stereocenters.